The van der Waals surface area contributed by atoms with Gasteiger partial charge in [0, 0.05) is 19.1 Å². The largest absolute Gasteiger partial charge is 0.395 e. The summed E-state index contributed by atoms with van der Waals surface area (Å²) in [7, 11) is 0. The highest BCUT2D eigenvalue weighted by atomic mass is 16.3. The molecule has 0 aliphatic carbocycles. The van der Waals surface area contributed by atoms with Crippen LogP contribution < -0.4 is 0 Å². The van der Waals surface area contributed by atoms with E-state index in [4.69, 9.17) is 15.3 Å². The Morgan fingerprint density at radius 3 is 1.82 bits per heavy atom. The van der Waals surface area contributed by atoms with Crippen molar-refractivity contribution in [1.82, 2.24) is 4.90 Å². The zero-order valence-corrected chi connectivity index (χ0v) is 6.90. The predicted molar refractivity (Wildman–Crippen MR) is 42.3 cm³/mol. The van der Waals surface area contributed by atoms with Gasteiger partial charge in [-0.2, -0.15) is 0 Å². The highest BCUT2D eigenvalue weighted by molar-refractivity contribution is 4.64. The van der Waals surface area contributed by atoms with Crippen LogP contribution in [0, 0.1) is 0 Å². The molecular formula is C7H17NO3. The molecule has 4 nitrogen and oxygen atoms in total. The summed E-state index contributed by atoms with van der Waals surface area (Å²) < 4.78 is 0. The second-order valence-corrected chi connectivity index (χ2v) is 2.51. The van der Waals surface area contributed by atoms with E-state index in [1.165, 1.54) is 0 Å². The van der Waals surface area contributed by atoms with E-state index in [1.807, 2.05) is 11.8 Å². The molecule has 68 valence electrons. The van der Waals surface area contributed by atoms with Gasteiger partial charge in [-0.25, -0.2) is 0 Å². The van der Waals surface area contributed by atoms with Gasteiger partial charge in [-0.15, -0.1) is 0 Å². The first-order valence-electron chi connectivity index (χ1n) is 3.82. The van der Waals surface area contributed by atoms with Crippen molar-refractivity contribution in [3.05, 3.63) is 0 Å². The van der Waals surface area contributed by atoms with Crippen molar-refractivity contribution < 1.29 is 15.3 Å². The fourth-order valence-electron chi connectivity index (χ4n) is 0.925. The first-order valence-corrected chi connectivity index (χ1v) is 3.82. The summed E-state index contributed by atoms with van der Waals surface area (Å²) in [4.78, 5) is 1.83. The molecular weight excluding hydrogens is 146 g/mol. The van der Waals surface area contributed by atoms with E-state index in [2.05, 4.69) is 0 Å². The van der Waals surface area contributed by atoms with Crippen LogP contribution in [0.2, 0.25) is 0 Å². The molecule has 0 aromatic rings. The van der Waals surface area contributed by atoms with Gasteiger partial charge in [0.25, 0.3) is 0 Å². The van der Waals surface area contributed by atoms with Gasteiger partial charge in [-0.05, 0) is 6.92 Å². The molecule has 0 unspecified atom stereocenters. The third kappa shape index (κ3) is 4.31. The lowest BCUT2D eigenvalue weighted by molar-refractivity contribution is 0.0929. The predicted octanol–water partition coefficient (Wildman–Crippen LogP) is -1.35. The smallest absolute Gasteiger partial charge is 0.0584 e. The van der Waals surface area contributed by atoms with Crippen LogP contribution >= 0.6 is 0 Å². The molecule has 3 N–H and O–H groups in total. The lowest BCUT2D eigenvalue weighted by Gasteiger charge is -2.25. The molecule has 1 atom stereocenters. The maximum absolute atomic E-state index is 8.75. The lowest BCUT2D eigenvalue weighted by atomic mass is 10.3. The highest BCUT2D eigenvalue weighted by Crippen LogP contribution is 1.95. The molecule has 4 heteroatoms. The fourth-order valence-corrected chi connectivity index (χ4v) is 0.925. The quantitative estimate of drug-likeness (QED) is 0.453. The topological polar surface area (TPSA) is 63.9 Å². The minimum Gasteiger partial charge on any atom is -0.395 e. The number of rotatable bonds is 6. The summed E-state index contributed by atoms with van der Waals surface area (Å²) in [5, 5.41) is 26.0. The molecule has 0 radical (unpaired) electrons. The van der Waals surface area contributed by atoms with Crippen LogP contribution in [0.1, 0.15) is 6.92 Å². The number of hydrogen-bond acceptors (Lipinski definition) is 4. The van der Waals surface area contributed by atoms with Crippen LogP contribution in [0.15, 0.2) is 0 Å². The SMILES string of the molecule is C[C@H](CO)N(CCO)CCO. The van der Waals surface area contributed by atoms with Crippen molar-refractivity contribution in [3.63, 3.8) is 0 Å². The summed E-state index contributed by atoms with van der Waals surface area (Å²) in [5.74, 6) is 0. The Morgan fingerprint density at radius 1 is 1.09 bits per heavy atom. The van der Waals surface area contributed by atoms with E-state index < -0.39 is 0 Å². The zero-order valence-electron chi connectivity index (χ0n) is 6.90. The molecule has 0 bridgehead atoms. The number of aliphatic hydroxyl groups excluding tert-OH is 3. The van der Waals surface area contributed by atoms with E-state index in [0.717, 1.165) is 0 Å². The average Bonchev–Trinajstić information content (AvgIpc) is 2.03. The van der Waals surface area contributed by atoms with Gasteiger partial charge >= 0.3 is 0 Å². The van der Waals surface area contributed by atoms with Gasteiger partial charge < -0.3 is 15.3 Å². The van der Waals surface area contributed by atoms with Gasteiger partial charge in [-0.3, -0.25) is 4.90 Å². The van der Waals surface area contributed by atoms with Gasteiger partial charge in [0.15, 0.2) is 0 Å². The first kappa shape index (κ1) is 10.8. The molecule has 0 amide bonds. The van der Waals surface area contributed by atoms with Gasteiger partial charge in [0.05, 0.1) is 19.8 Å². The van der Waals surface area contributed by atoms with E-state index >= 15 is 0 Å². The minimum absolute atomic E-state index is 0.00861. The van der Waals surface area contributed by atoms with Crippen molar-refractivity contribution in [2.24, 2.45) is 0 Å². The van der Waals surface area contributed by atoms with E-state index in [-0.39, 0.29) is 25.9 Å². The molecule has 0 rings (SSSR count). The molecule has 0 aromatic carbocycles. The Labute approximate surface area is 67.1 Å². The standard InChI is InChI=1S/C7H17NO3/c1-7(6-11)8(2-4-9)3-5-10/h7,9-11H,2-6H2,1H3/t7-/m1/s1. The van der Waals surface area contributed by atoms with Crippen molar-refractivity contribution in [3.8, 4) is 0 Å². The van der Waals surface area contributed by atoms with Gasteiger partial charge in [0.2, 0.25) is 0 Å². The van der Waals surface area contributed by atoms with Crippen molar-refractivity contribution in [2.45, 2.75) is 13.0 Å². The summed E-state index contributed by atoms with van der Waals surface area (Å²) in [6, 6.07) is 0.00861. The van der Waals surface area contributed by atoms with E-state index in [9.17, 15) is 0 Å². The number of aliphatic hydroxyl groups is 3. The normalized spacial score (nSPS) is 13.9. The monoisotopic (exact) mass is 163 g/mol. The van der Waals surface area contributed by atoms with E-state index in [1.54, 1.807) is 0 Å². The second-order valence-electron chi connectivity index (χ2n) is 2.51. The Bertz CT molecular complexity index is 83.8. The number of hydrogen-bond donors (Lipinski definition) is 3. The lowest BCUT2D eigenvalue weighted by Crippen LogP contribution is -2.39. The fraction of sp³-hybridized carbons (Fsp3) is 1.00. The minimum atomic E-state index is 0.00861. The highest BCUT2D eigenvalue weighted by Gasteiger charge is 2.10. The molecule has 0 fully saturated rings. The number of nitrogens with zero attached hydrogens (tertiary/aromatic N) is 1. The van der Waals surface area contributed by atoms with E-state index in [0.29, 0.717) is 13.1 Å². The van der Waals surface area contributed by atoms with Gasteiger partial charge in [-0.1, -0.05) is 0 Å². The first-order chi connectivity index (χ1) is 5.26. The second kappa shape index (κ2) is 6.54. The molecule has 0 saturated carbocycles. The van der Waals surface area contributed by atoms with Crippen molar-refractivity contribution in [2.75, 3.05) is 32.9 Å². The van der Waals surface area contributed by atoms with Crippen LogP contribution in [0.5, 0.6) is 0 Å². The Hall–Kier alpha value is -0.160. The zero-order chi connectivity index (χ0) is 8.69. The molecule has 0 aliphatic heterocycles. The molecule has 11 heavy (non-hydrogen) atoms. The van der Waals surface area contributed by atoms with Crippen LogP contribution in [0.25, 0.3) is 0 Å². The third-order valence-corrected chi connectivity index (χ3v) is 1.66. The van der Waals surface area contributed by atoms with Crippen LogP contribution in [-0.2, 0) is 0 Å². The molecule has 0 heterocycles. The summed E-state index contributed by atoms with van der Waals surface area (Å²) in [5.41, 5.74) is 0. The van der Waals surface area contributed by atoms with Gasteiger partial charge in [0.1, 0.15) is 0 Å². The Kier molecular flexibility index (Phi) is 6.45. The van der Waals surface area contributed by atoms with Crippen molar-refractivity contribution in [1.29, 1.82) is 0 Å². The summed E-state index contributed by atoms with van der Waals surface area (Å²) >= 11 is 0. The Morgan fingerprint density at radius 2 is 1.55 bits per heavy atom. The summed E-state index contributed by atoms with van der Waals surface area (Å²) in [6.45, 7) is 3.03. The molecule has 0 aliphatic rings. The maximum Gasteiger partial charge on any atom is 0.0584 e. The molecule has 0 saturated heterocycles. The van der Waals surface area contributed by atoms with Crippen LogP contribution in [-0.4, -0.2) is 59.2 Å². The maximum atomic E-state index is 8.75. The third-order valence-electron chi connectivity index (χ3n) is 1.66. The van der Waals surface area contributed by atoms with Crippen LogP contribution in [0.4, 0.5) is 0 Å². The Balaban J connectivity index is 3.66. The van der Waals surface area contributed by atoms with Crippen LogP contribution in [0.3, 0.4) is 0 Å². The summed E-state index contributed by atoms with van der Waals surface area (Å²) in [6.07, 6.45) is 0. The average molecular weight is 163 g/mol. The van der Waals surface area contributed by atoms with Crippen molar-refractivity contribution >= 4 is 0 Å². The molecule has 0 aromatic heterocycles. The molecule has 0 spiro atoms.